The van der Waals surface area contributed by atoms with Crippen LogP contribution in [0.25, 0.3) is 0 Å². The van der Waals surface area contributed by atoms with E-state index in [9.17, 15) is 18.0 Å². The van der Waals surface area contributed by atoms with Crippen LogP contribution < -0.4 is 5.32 Å². The first kappa shape index (κ1) is 10.9. The van der Waals surface area contributed by atoms with Crippen LogP contribution in [-0.4, -0.2) is 36.0 Å². The Bertz CT molecular complexity index is 385. The molecule has 1 aliphatic heterocycles. The first-order valence-corrected chi connectivity index (χ1v) is 5.37. The molecular formula is C7H9NO5S. The zero-order chi connectivity index (χ0) is 10.9. The van der Waals surface area contributed by atoms with Gasteiger partial charge < -0.3 is 5.11 Å². The van der Waals surface area contributed by atoms with E-state index < -0.39 is 38.8 Å². The second-order valence-corrected chi connectivity index (χ2v) is 5.05. The van der Waals surface area contributed by atoms with Gasteiger partial charge in [0.15, 0.2) is 20.5 Å². The van der Waals surface area contributed by atoms with Crippen LogP contribution >= 0.6 is 0 Å². The molecule has 7 heteroatoms. The Morgan fingerprint density at radius 2 is 2.14 bits per heavy atom. The predicted octanol–water partition coefficient (Wildman–Crippen LogP) is -1.68. The number of nitrogens with one attached hydrogen (secondary N) is 1. The molecule has 2 N–H and O–H groups in total. The SMILES string of the molecule is C=CC(O)S(=O)(=O)C1CC(=O)NC1=O. The number of carbonyl (C=O) groups is 2. The lowest BCUT2D eigenvalue weighted by atomic mass is 10.4. The highest BCUT2D eigenvalue weighted by Crippen LogP contribution is 2.16. The minimum absolute atomic E-state index is 0.438. The third kappa shape index (κ3) is 1.68. The van der Waals surface area contributed by atoms with E-state index in [0.29, 0.717) is 0 Å². The number of imide groups is 1. The quantitative estimate of drug-likeness (QED) is 0.436. The lowest BCUT2D eigenvalue weighted by Crippen LogP contribution is -2.36. The molecule has 78 valence electrons. The molecule has 0 aromatic rings. The van der Waals surface area contributed by atoms with Crippen LogP contribution in [0.3, 0.4) is 0 Å². The Morgan fingerprint density at radius 3 is 2.50 bits per heavy atom. The van der Waals surface area contributed by atoms with Gasteiger partial charge in [0, 0.05) is 0 Å². The normalized spacial score (nSPS) is 24.5. The molecular weight excluding hydrogens is 210 g/mol. The van der Waals surface area contributed by atoms with E-state index in [-0.39, 0.29) is 0 Å². The van der Waals surface area contributed by atoms with Gasteiger partial charge in [-0.2, -0.15) is 0 Å². The van der Waals surface area contributed by atoms with Gasteiger partial charge in [-0.3, -0.25) is 14.9 Å². The number of hydrogen-bond acceptors (Lipinski definition) is 5. The summed E-state index contributed by atoms with van der Waals surface area (Å²) in [6.45, 7) is 3.10. The van der Waals surface area contributed by atoms with Gasteiger partial charge in [0.25, 0.3) is 0 Å². The third-order valence-corrected chi connectivity index (χ3v) is 3.90. The summed E-state index contributed by atoms with van der Waals surface area (Å²) in [5.74, 6) is -1.55. The topological polar surface area (TPSA) is 101 Å². The highest BCUT2D eigenvalue weighted by atomic mass is 32.2. The van der Waals surface area contributed by atoms with E-state index in [4.69, 9.17) is 5.11 Å². The number of rotatable bonds is 3. The molecule has 6 nitrogen and oxygen atoms in total. The van der Waals surface area contributed by atoms with Crippen LogP contribution in [0.5, 0.6) is 0 Å². The number of amides is 2. The van der Waals surface area contributed by atoms with Crippen molar-refractivity contribution in [1.82, 2.24) is 5.32 Å². The molecule has 1 aliphatic rings. The summed E-state index contributed by atoms with van der Waals surface area (Å²) in [5.41, 5.74) is -1.82. The average molecular weight is 219 g/mol. The number of sulfone groups is 1. The molecule has 0 bridgehead atoms. The molecule has 14 heavy (non-hydrogen) atoms. The monoisotopic (exact) mass is 219 g/mol. The summed E-state index contributed by atoms with van der Waals surface area (Å²) in [6.07, 6.45) is 0.359. The second-order valence-electron chi connectivity index (χ2n) is 2.82. The molecule has 1 saturated heterocycles. The maximum atomic E-state index is 11.4. The van der Waals surface area contributed by atoms with E-state index in [1.807, 2.05) is 5.32 Å². The van der Waals surface area contributed by atoms with Crippen molar-refractivity contribution in [3.63, 3.8) is 0 Å². The molecule has 0 aromatic heterocycles. The minimum atomic E-state index is -4.07. The predicted molar refractivity (Wildman–Crippen MR) is 46.7 cm³/mol. The molecule has 0 aliphatic carbocycles. The van der Waals surface area contributed by atoms with Crippen molar-refractivity contribution in [2.45, 2.75) is 17.1 Å². The van der Waals surface area contributed by atoms with Crippen molar-refractivity contribution >= 4 is 21.7 Å². The summed E-state index contributed by atoms with van der Waals surface area (Å²) < 4.78 is 22.8. The van der Waals surface area contributed by atoms with Crippen molar-refractivity contribution in [2.75, 3.05) is 0 Å². The van der Waals surface area contributed by atoms with Gasteiger partial charge in [-0.25, -0.2) is 8.42 Å². The Balaban J connectivity index is 3.00. The molecule has 0 spiro atoms. The van der Waals surface area contributed by atoms with Gasteiger partial charge in [-0.1, -0.05) is 6.58 Å². The first-order chi connectivity index (χ1) is 6.39. The lowest BCUT2D eigenvalue weighted by Gasteiger charge is -2.10. The second kappa shape index (κ2) is 3.50. The Kier molecular flexibility index (Phi) is 2.72. The standard InChI is InChI=1S/C7H9NO5S/c1-2-6(10)14(12,13)4-3-5(9)8-7(4)11/h2,4,6,10H,1,3H2,(H,8,9,11). The maximum absolute atomic E-state index is 11.4. The Morgan fingerprint density at radius 1 is 1.57 bits per heavy atom. The number of hydrogen-bond donors (Lipinski definition) is 2. The van der Waals surface area contributed by atoms with Crippen molar-refractivity contribution in [1.29, 1.82) is 0 Å². The molecule has 2 atom stereocenters. The van der Waals surface area contributed by atoms with Gasteiger partial charge >= 0.3 is 0 Å². The molecule has 1 heterocycles. The summed E-state index contributed by atoms with van der Waals surface area (Å²) in [6, 6.07) is 0. The van der Waals surface area contributed by atoms with Crippen molar-refractivity contribution in [3.05, 3.63) is 12.7 Å². The van der Waals surface area contributed by atoms with Gasteiger partial charge in [-0.15, -0.1) is 0 Å². The molecule has 2 unspecified atom stereocenters. The summed E-state index contributed by atoms with van der Waals surface area (Å²) in [5, 5.41) is 9.41. The lowest BCUT2D eigenvalue weighted by molar-refractivity contribution is -0.124. The molecule has 2 amide bonds. The van der Waals surface area contributed by atoms with Crippen LogP contribution in [0.2, 0.25) is 0 Å². The van der Waals surface area contributed by atoms with Crippen molar-refractivity contribution in [3.8, 4) is 0 Å². The van der Waals surface area contributed by atoms with E-state index in [0.717, 1.165) is 6.08 Å². The van der Waals surface area contributed by atoms with Crippen molar-refractivity contribution in [2.24, 2.45) is 0 Å². The Labute approximate surface area is 80.5 Å². The fraction of sp³-hybridized carbons (Fsp3) is 0.429. The molecule has 0 saturated carbocycles. The van der Waals surface area contributed by atoms with E-state index in [1.54, 1.807) is 0 Å². The number of aliphatic hydroxyl groups is 1. The highest BCUT2D eigenvalue weighted by Gasteiger charge is 2.43. The smallest absolute Gasteiger partial charge is 0.245 e. The highest BCUT2D eigenvalue weighted by molar-refractivity contribution is 7.93. The van der Waals surface area contributed by atoms with Gasteiger partial charge in [0.2, 0.25) is 11.8 Å². The number of aliphatic hydroxyl groups excluding tert-OH is 1. The van der Waals surface area contributed by atoms with Crippen molar-refractivity contribution < 1.29 is 23.1 Å². The number of carbonyl (C=O) groups excluding carboxylic acids is 2. The largest absolute Gasteiger partial charge is 0.374 e. The average Bonchev–Trinajstić information content (AvgIpc) is 2.44. The molecule has 0 aromatic carbocycles. The van der Waals surface area contributed by atoms with Gasteiger partial charge in [-0.05, 0) is 6.08 Å². The third-order valence-electron chi connectivity index (χ3n) is 1.86. The van der Waals surface area contributed by atoms with Crippen LogP contribution in [0.15, 0.2) is 12.7 Å². The van der Waals surface area contributed by atoms with E-state index in [2.05, 4.69) is 6.58 Å². The zero-order valence-corrected chi connectivity index (χ0v) is 7.95. The minimum Gasteiger partial charge on any atom is -0.374 e. The first-order valence-electron chi connectivity index (χ1n) is 3.76. The fourth-order valence-electron chi connectivity index (χ4n) is 1.10. The Hall–Kier alpha value is -1.21. The summed E-state index contributed by atoms with van der Waals surface area (Å²) >= 11 is 0. The van der Waals surface area contributed by atoms with E-state index >= 15 is 0 Å². The molecule has 1 fully saturated rings. The van der Waals surface area contributed by atoms with Crippen LogP contribution in [0.1, 0.15) is 6.42 Å². The van der Waals surface area contributed by atoms with Crippen LogP contribution in [0.4, 0.5) is 0 Å². The molecule has 0 radical (unpaired) electrons. The zero-order valence-electron chi connectivity index (χ0n) is 7.13. The fourth-order valence-corrected chi connectivity index (χ4v) is 2.44. The molecule has 1 rings (SSSR count). The van der Waals surface area contributed by atoms with Gasteiger partial charge in [0.05, 0.1) is 6.42 Å². The van der Waals surface area contributed by atoms with Crippen LogP contribution in [-0.2, 0) is 19.4 Å². The van der Waals surface area contributed by atoms with Gasteiger partial charge in [0.1, 0.15) is 0 Å². The van der Waals surface area contributed by atoms with Crippen LogP contribution in [0, 0.1) is 0 Å². The summed E-state index contributed by atoms with van der Waals surface area (Å²) in [7, 11) is -4.07. The summed E-state index contributed by atoms with van der Waals surface area (Å²) in [4.78, 5) is 21.7. The maximum Gasteiger partial charge on any atom is 0.245 e. The van der Waals surface area contributed by atoms with E-state index in [1.165, 1.54) is 0 Å².